The van der Waals surface area contributed by atoms with Gasteiger partial charge in [0, 0.05) is 34.3 Å². The van der Waals surface area contributed by atoms with Crippen LogP contribution in [0.1, 0.15) is 11.7 Å². The van der Waals surface area contributed by atoms with Gasteiger partial charge in [0.25, 0.3) is 0 Å². The highest BCUT2D eigenvalue weighted by atomic mass is 127. The number of aliphatic hydroxyl groups excluding tert-OH is 1. The van der Waals surface area contributed by atoms with E-state index in [4.69, 9.17) is 5.11 Å². The zero-order chi connectivity index (χ0) is 12.6. The van der Waals surface area contributed by atoms with Crippen molar-refractivity contribution in [3.8, 4) is 0 Å². The second-order valence-electron chi connectivity index (χ2n) is 3.89. The van der Waals surface area contributed by atoms with Crippen molar-refractivity contribution >= 4 is 28.7 Å². The van der Waals surface area contributed by atoms with E-state index >= 15 is 0 Å². The number of pyridine rings is 1. The van der Waals surface area contributed by atoms with E-state index in [0.717, 1.165) is 0 Å². The van der Waals surface area contributed by atoms with E-state index in [9.17, 15) is 14.3 Å². The van der Waals surface area contributed by atoms with Crippen LogP contribution in [0.5, 0.6) is 0 Å². The van der Waals surface area contributed by atoms with Gasteiger partial charge in [-0.15, -0.1) is 0 Å². The third-order valence-corrected chi connectivity index (χ3v) is 3.75. The molecule has 0 spiro atoms. The average Bonchev–Trinajstić information content (AvgIpc) is 2.13. The second kappa shape index (κ2) is 4.73. The summed E-state index contributed by atoms with van der Waals surface area (Å²) >= 11 is 1.92. The molecular weight excluding hydrogens is 342 g/mol. The Balaban J connectivity index is 2.11. The molecule has 1 unspecified atom stereocenters. The summed E-state index contributed by atoms with van der Waals surface area (Å²) in [5.74, 6) is -0.962. The van der Waals surface area contributed by atoms with Crippen LogP contribution >= 0.6 is 22.6 Å². The van der Waals surface area contributed by atoms with Crippen molar-refractivity contribution in [2.24, 2.45) is 5.92 Å². The third kappa shape index (κ3) is 2.34. The van der Waals surface area contributed by atoms with Crippen LogP contribution in [0.3, 0.4) is 0 Å². The van der Waals surface area contributed by atoms with Gasteiger partial charge >= 0.3 is 6.09 Å². The quantitative estimate of drug-likeness (QED) is 0.625. The molecule has 0 saturated carbocycles. The first-order valence-corrected chi connectivity index (χ1v) is 6.04. The number of aliphatic hydroxyl groups is 1. The van der Waals surface area contributed by atoms with Crippen molar-refractivity contribution in [2.75, 3.05) is 13.1 Å². The van der Waals surface area contributed by atoms with Crippen LogP contribution in [0, 0.1) is 15.4 Å². The number of aromatic nitrogens is 1. The minimum absolute atomic E-state index is 0.156. The Labute approximate surface area is 110 Å². The lowest BCUT2D eigenvalue weighted by molar-refractivity contribution is 0.000580. The summed E-state index contributed by atoms with van der Waals surface area (Å²) in [5, 5.41) is 18.7. The Hall–Kier alpha value is -0.960. The monoisotopic (exact) mass is 352 g/mol. The molecule has 1 aliphatic heterocycles. The van der Waals surface area contributed by atoms with Crippen LogP contribution in [-0.2, 0) is 0 Å². The summed E-state index contributed by atoms with van der Waals surface area (Å²) in [6, 6.07) is 1.61. The molecule has 0 radical (unpaired) electrons. The average molecular weight is 352 g/mol. The molecule has 1 aromatic rings. The number of nitrogens with zero attached hydrogens (tertiary/aromatic N) is 2. The molecule has 17 heavy (non-hydrogen) atoms. The fourth-order valence-electron chi connectivity index (χ4n) is 1.79. The molecular formula is C10H10FIN2O3. The van der Waals surface area contributed by atoms with E-state index in [0.29, 0.717) is 3.57 Å². The maximum atomic E-state index is 13.5. The van der Waals surface area contributed by atoms with Crippen molar-refractivity contribution < 1.29 is 19.4 Å². The Bertz CT molecular complexity index is 431. The third-order valence-electron chi connectivity index (χ3n) is 2.81. The minimum atomic E-state index is -1.02. The van der Waals surface area contributed by atoms with Gasteiger partial charge in [0.2, 0.25) is 5.95 Å². The van der Waals surface area contributed by atoms with E-state index in [1.807, 2.05) is 22.6 Å². The highest BCUT2D eigenvalue weighted by molar-refractivity contribution is 14.1. The number of halogens is 2. The van der Waals surface area contributed by atoms with E-state index in [2.05, 4.69) is 4.98 Å². The zero-order valence-electron chi connectivity index (χ0n) is 8.68. The highest BCUT2D eigenvalue weighted by Gasteiger charge is 2.37. The van der Waals surface area contributed by atoms with E-state index < -0.39 is 18.1 Å². The predicted molar refractivity (Wildman–Crippen MR) is 65.0 cm³/mol. The van der Waals surface area contributed by atoms with E-state index in [1.165, 1.54) is 11.1 Å². The van der Waals surface area contributed by atoms with Crippen LogP contribution < -0.4 is 0 Å². The lowest BCUT2D eigenvalue weighted by Crippen LogP contribution is -2.51. The second-order valence-corrected chi connectivity index (χ2v) is 5.05. The SMILES string of the molecule is O=C(O)N1CC(C(O)c2c(I)ccnc2F)C1. The number of amides is 1. The van der Waals surface area contributed by atoms with Crippen LogP contribution in [0.15, 0.2) is 12.3 Å². The molecule has 1 aromatic heterocycles. The van der Waals surface area contributed by atoms with Crippen molar-refractivity contribution in [2.45, 2.75) is 6.10 Å². The van der Waals surface area contributed by atoms with E-state index in [1.54, 1.807) is 6.07 Å². The molecule has 1 saturated heterocycles. The van der Waals surface area contributed by atoms with Gasteiger partial charge in [-0.2, -0.15) is 4.39 Å². The Morgan fingerprint density at radius 3 is 2.82 bits per heavy atom. The number of hydrogen-bond donors (Lipinski definition) is 2. The number of hydrogen-bond acceptors (Lipinski definition) is 3. The summed E-state index contributed by atoms with van der Waals surface area (Å²) in [4.78, 5) is 15.2. The largest absolute Gasteiger partial charge is 0.465 e. The summed E-state index contributed by atoms with van der Waals surface area (Å²) < 4.78 is 14.1. The zero-order valence-corrected chi connectivity index (χ0v) is 10.8. The standard InChI is InChI=1S/C10H10FIN2O3/c11-9-7(6(12)1-2-13-9)8(15)5-3-14(4-5)10(16)17/h1-2,5,8,15H,3-4H2,(H,16,17). The Kier molecular flexibility index (Phi) is 3.48. The van der Waals surface area contributed by atoms with Gasteiger partial charge in [0.15, 0.2) is 0 Å². The fourth-order valence-corrected chi connectivity index (χ4v) is 2.50. The molecule has 5 nitrogen and oxygen atoms in total. The van der Waals surface area contributed by atoms with Gasteiger partial charge < -0.3 is 15.1 Å². The first-order valence-electron chi connectivity index (χ1n) is 4.96. The smallest absolute Gasteiger partial charge is 0.407 e. The predicted octanol–water partition coefficient (Wildman–Crippen LogP) is 1.47. The molecule has 92 valence electrons. The first-order chi connectivity index (χ1) is 8.00. The lowest BCUT2D eigenvalue weighted by atomic mass is 9.90. The highest BCUT2D eigenvalue weighted by Crippen LogP contribution is 2.33. The van der Waals surface area contributed by atoms with Gasteiger partial charge in [-0.05, 0) is 28.7 Å². The number of carboxylic acid groups (broad SMARTS) is 1. The normalized spacial score (nSPS) is 17.7. The van der Waals surface area contributed by atoms with Crippen LogP contribution in [0.4, 0.5) is 9.18 Å². The number of rotatable bonds is 2. The summed E-state index contributed by atoms with van der Waals surface area (Å²) in [7, 11) is 0. The molecule has 0 bridgehead atoms. The van der Waals surface area contributed by atoms with Crippen molar-refractivity contribution in [1.29, 1.82) is 0 Å². The maximum absolute atomic E-state index is 13.5. The number of likely N-dealkylation sites (tertiary alicyclic amines) is 1. The molecule has 1 fully saturated rings. The Morgan fingerprint density at radius 2 is 2.29 bits per heavy atom. The van der Waals surface area contributed by atoms with Gasteiger partial charge in [0.1, 0.15) is 0 Å². The molecule has 2 N–H and O–H groups in total. The van der Waals surface area contributed by atoms with Crippen LogP contribution in [-0.4, -0.2) is 39.3 Å². The van der Waals surface area contributed by atoms with Gasteiger partial charge in [-0.3, -0.25) is 0 Å². The van der Waals surface area contributed by atoms with Crippen LogP contribution in [0.2, 0.25) is 0 Å². The maximum Gasteiger partial charge on any atom is 0.407 e. The first kappa shape index (κ1) is 12.5. The van der Waals surface area contributed by atoms with E-state index in [-0.39, 0.29) is 24.6 Å². The fraction of sp³-hybridized carbons (Fsp3) is 0.400. The van der Waals surface area contributed by atoms with Crippen molar-refractivity contribution in [3.63, 3.8) is 0 Å². The van der Waals surface area contributed by atoms with Crippen LogP contribution in [0.25, 0.3) is 0 Å². The van der Waals surface area contributed by atoms with Crippen molar-refractivity contribution in [1.82, 2.24) is 9.88 Å². The molecule has 1 aliphatic rings. The van der Waals surface area contributed by atoms with Gasteiger partial charge in [0.05, 0.1) is 6.10 Å². The van der Waals surface area contributed by atoms with Gasteiger partial charge in [-0.1, -0.05) is 0 Å². The summed E-state index contributed by atoms with van der Waals surface area (Å²) in [6.45, 7) is 0.446. The summed E-state index contributed by atoms with van der Waals surface area (Å²) in [5.41, 5.74) is 0.156. The summed E-state index contributed by atoms with van der Waals surface area (Å²) in [6.07, 6.45) is -0.696. The molecule has 2 rings (SSSR count). The lowest BCUT2D eigenvalue weighted by Gasteiger charge is -2.39. The molecule has 7 heteroatoms. The number of carbonyl (C=O) groups is 1. The molecule has 1 amide bonds. The van der Waals surface area contributed by atoms with Crippen molar-refractivity contribution in [3.05, 3.63) is 27.3 Å². The molecule has 1 atom stereocenters. The molecule has 0 aromatic carbocycles. The molecule has 2 heterocycles. The Morgan fingerprint density at radius 1 is 1.65 bits per heavy atom. The minimum Gasteiger partial charge on any atom is -0.465 e. The molecule has 0 aliphatic carbocycles. The topological polar surface area (TPSA) is 73.7 Å². The van der Waals surface area contributed by atoms with Gasteiger partial charge in [-0.25, -0.2) is 9.78 Å².